The third-order valence-electron chi connectivity index (χ3n) is 5.58. The summed E-state index contributed by atoms with van der Waals surface area (Å²) >= 11 is 0. The van der Waals surface area contributed by atoms with E-state index in [0.29, 0.717) is 5.75 Å². The lowest BCUT2D eigenvalue weighted by Gasteiger charge is -2.35. The van der Waals surface area contributed by atoms with E-state index in [1.54, 1.807) is 17.0 Å². The minimum Gasteiger partial charge on any atom is -0.477 e. The molecule has 2 N–H and O–H groups in total. The highest BCUT2D eigenvalue weighted by molar-refractivity contribution is 5.86. The van der Waals surface area contributed by atoms with Crippen LogP contribution in [0.2, 0.25) is 0 Å². The molecule has 0 fully saturated rings. The summed E-state index contributed by atoms with van der Waals surface area (Å²) in [5.41, 5.74) is 0.664. The minimum absolute atomic E-state index is 0.00507. The Labute approximate surface area is 186 Å². The zero-order valence-corrected chi connectivity index (χ0v) is 18.4. The monoisotopic (exact) mass is 445 g/mol. The first kappa shape index (κ1) is 23.5. The number of fused-ring (bicyclic) bond motifs is 1. The molecule has 3 rings (SSSR count). The van der Waals surface area contributed by atoms with Crippen molar-refractivity contribution in [2.75, 3.05) is 24.5 Å². The molecule has 0 aliphatic carbocycles. The lowest BCUT2D eigenvalue weighted by molar-refractivity contribution is -0.129. The van der Waals surface area contributed by atoms with Gasteiger partial charge in [-0.25, -0.2) is 8.78 Å². The number of nitrogens with zero attached hydrogens (tertiary/aromatic N) is 1. The molecule has 6 nitrogen and oxygen atoms in total. The van der Waals surface area contributed by atoms with Crippen molar-refractivity contribution in [1.82, 2.24) is 10.6 Å². The molecule has 1 aliphatic heterocycles. The molecule has 1 heterocycles. The Kier molecular flexibility index (Phi) is 8.03. The predicted octanol–water partition coefficient (Wildman–Crippen LogP) is 3.20. The maximum absolute atomic E-state index is 13.8. The molecule has 2 amide bonds. The first-order valence-electron chi connectivity index (χ1n) is 10.9. The number of ether oxygens (including phenoxy) is 1. The molecule has 1 unspecified atom stereocenters. The van der Waals surface area contributed by atoms with Gasteiger partial charge in [0.05, 0.1) is 18.8 Å². The van der Waals surface area contributed by atoms with Crippen molar-refractivity contribution in [3.63, 3.8) is 0 Å². The fraction of sp³-hybridized carbons (Fsp3) is 0.417. The lowest BCUT2D eigenvalue weighted by Crippen LogP contribution is -2.52. The highest BCUT2D eigenvalue weighted by Gasteiger charge is 2.32. The molecular weight excluding hydrogens is 416 g/mol. The molecular formula is C24H29F2N3O3. The molecule has 1 atom stereocenters. The van der Waals surface area contributed by atoms with Crippen molar-refractivity contribution in [2.24, 2.45) is 0 Å². The number of halogens is 2. The molecule has 8 heteroatoms. The Balaban J connectivity index is 1.62. The summed E-state index contributed by atoms with van der Waals surface area (Å²) in [6, 6.07) is 11.0. The highest BCUT2D eigenvalue weighted by Crippen LogP contribution is 2.33. The molecule has 172 valence electrons. The largest absolute Gasteiger partial charge is 0.477 e. The van der Waals surface area contributed by atoms with E-state index in [9.17, 15) is 18.4 Å². The Hall–Kier alpha value is -3.16. The molecule has 2 aromatic rings. The Bertz CT molecular complexity index is 930. The Morgan fingerprint density at radius 2 is 1.78 bits per heavy atom. The third-order valence-corrected chi connectivity index (χ3v) is 5.58. The number of carbonyl (C=O) groups is 2. The summed E-state index contributed by atoms with van der Waals surface area (Å²) in [5, 5.41) is 5.69. The first-order chi connectivity index (χ1) is 15.4. The zero-order valence-electron chi connectivity index (χ0n) is 18.4. The molecule has 0 bridgehead atoms. The van der Waals surface area contributed by atoms with Gasteiger partial charge in [0.15, 0.2) is 6.10 Å². The molecule has 2 aromatic carbocycles. The van der Waals surface area contributed by atoms with Gasteiger partial charge < -0.3 is 20.3 Å². The molecule has 32 heavy (non-hydrogen) atoms. The van der Waals surface area contributed by atoms with Crippen LogP contribution < -0.4 is 20.3 Å². The fourth-order valence-electron chi connectivity index (χ4n) is 3.71. The topological polar surface area (TPSA) is 70.7 Å². The first-order valence-corrected chi connectivity index (χ1v) is 10.9. The molecule has 0 aromatic heterocycles. The van der Waals surface area contributed by atoms with E-state index in [2.05, 4.69) is 10.6 Å². The van der Waals surface area contributed by atoms with E-state index in [-0.39, 0.29) is 49.5 Å². The standard InChI is InChI=1S/C24H29F2N3O3/c1-3-16(4-2)28-24(31)22-14-29(20-10-5-6-11-21(20)32-22)15-23(30)27-13-12-17-18(25)8-7-9-19(17)26/h5-11,16,22H,3-4,12-15H2,1-2H3,(H,27,30)(H,28,31). The number of anilines is 1. The summed E-state index contributed by atoms with van der Waals surface area (Å²) in [6.45, 7) is 4.33. The van der Waals surface area contributed by atoms with E-state index in [4.69, 9.17) is 4.74 Å². The lowest BCUT2D eigenvalue weighted by atomic mass is 10.1. The van der Waals surface area contributed by atoms with Gasteiger partial charge in [0.25, 0.3) is 5.91 Å². The number of rotatable bonds is 9. The van der Waals surface area contributed by atoms with Gasteiger partial charge in [0.2, 0.25) is 5.91 Å². The quantitative estimate of drug-likeness (QED) is 0.622. The van der Waals surface area contributed by atoms with Crippen molar-refractivity contribution in [1.29, 1.82) is 0 Å². The van der Waals surface area contributed by atoms with Crippen LogP contribution in [0.25, 0.3) is 0 Å². The normalized spacial score (nSPS) is 15.2. The maximum Gasteiger partial charge on any atom is 0.263 e. The second kappa shape index (κ2) is 10.9. The average molecular weight is 446 g/mol. The van der Waals surface area contributed by atoms with Gasteiger partial charge in [0, 0.05) is 18.2 Å². The molecule has 0 spiro atoms. The third kappa shape index (κ3) is 5.75. The zero-order chi connectivity index (χ0) is 23.1. The van der Waals surface area contributed by atoms with E-state index in [1.807, 2.05) is 26.0 Å². The van der Waals surface area contributed by atoms with Gasteiger partial charge >= 0.3 is 0 Å². The number of hydrogen-bond donors (Lipinski definition) is 2. The number of para-hydroxylation sites is 2. The molecule has 1 aliphatic rings. The average Bonchev–Trinajstić information content (AvgIpc) is 2.79. The smallest absolute Gasteiger partial charge is 0.263 e. The maximum atomic E-state index is 13.8. The molecule has 0 saturated heterocycles. The van der Waals surface area contributed by atoms with Gasteiger partial charge in [-0.1, -0.05) is 32.0 Å². The Morgan fingerprint density at radius 3 is 2.47 bits per heavy atom. The van der Waals surface area contributed by atoms with Crippen LogP contribution in [0.1, 0.15) is 32.3 Å². The van der Waals surface area contributed by atoms with Gasteiger partial charge in [0.1, 0.15) is 17.4 Å². The van der Waals surface area contributed by atoms with Crippen molar-refractivity contribution in [3.8, 4) is 5.75 Å². The van der Waals surface area contributed by atoms with Crippen LogP contribution in [0.3, 0.4) is 0 Å². The van der Waals surface area contributed by atoms with Gasteiger partial charge in [-0.3, -0.25) is 9.59 Å². The summed E-state index contributed by atoms with van der Waals surface area (Å²) in [4.78, 5) is 27.1. The number of hydrogen-bond acceptors (Lipinski definition) is 4. The SMILES string of the molecule is CCC(CC)NC(=O)C1CN(CC(=O)NCCc2c(F)cccc2F)c2ccccc2O1. The number of benzene rings is 2. The van der Waals surface area contributed by atoms with Gasteiger partial charge in [-0.15, -0.1) is 0 Å². The van der Waals surface area contributed by atoms with E-state index in [0.717, 1.165) is 18.5 Å². The summed E-state index contributed by atoms with van der Waals surface area (Å²) in [7, 11) is 0. The minimum atomic E-state index is -0.745. The number of carbonyl (C=O) groups excluding carboxylic acids is 2. The van der Waals surface area contributed by atoms with Crippen LogP contribution >= 0.6 is 0 Å². The van der Waals surface area contributed by atoms with Crippen LogP contribution in [0.4, 0.5) is 14.5 Å². The summed E-state index contributed by atoms with van der Waals surface area (Å²) in [5.74, 6) is -1.25. The van der Waals surface area contributed by atoms with Gasteiger partial charge in [-0.2, -0.15) is 0 Å². The predicted molar refractivity (Wildman–Crippen MR) is 119 cm³/mol. The van der Waals surface area contributed by atoms with Crippen LogP contribution in [0.5, 0.6) is 5.75 Å². The van der Waals surface area contributed by atoms with E-state index < -0.39 is 17.7 Å². The van der Waals surface area contributed by atoms with E-state index in [1.165, 1.54) is 18.2 Å². The highest BCUT2D eigenvalue weighted by atomic mass is 19.1. The van der Waals surface area contributed by atoms with Crippen molar-refractivity contribution in [2.45, 2.75) is 45.3 Å². The van der Waals surface area contributed by atoms with Crippen molar-refractivity contribution >= 4 is 17.5 Å². The molecule has 0 radical (unpaired) electrons. The van der Waals surface area contributed by atoms with Crippen LogP contribution in [-0.4, -0.2) is 43.6 Å². The Morgan fingerprint density at radius 1 is 1.09 bits per heavy atom. The second-order valence-electron chi connectivity index (χ2n) is 7.78. The summed E-state index contributed by atoms with van der Waals surface area (Å²) in [6.07, 6.45) is 0.941. The van der Waals surface area contributed by atoms with Crippen molar-refractivity contribution < 1.29 is 23.1 Å². The van der Waals surface area contributed by atoms with E-state index >= 15 is 0 Å². The van der Waals surface area contributed by atoms with Crippen LogP contribution in [0, 0.1) is 11.6 Å². The number of amides is 2. The van der Waals surface area contributed by atoms with Crippen molar-refractivity contribution in [3.05, 3.63) is 59.7 Å². The fourth-order valence-corrected chi connectivity index (χ4v) is 3.71. The summed E-state index contributed by atoms with van der Waals surface area (Å²) < 4.78 is 33.4. The second-order valence-corrected chi connectivity index (χ2v) is 7.78. The van der Waals surface area contributed by atoms with Gasteiger partial charge in [-0.05, 0) is 43.5 Å². The van der Waals surface area contributed by atoms with Crippen LogP contribution in [0.15, 0.2) is 42.5 Å². The molecule has 0 saturated carbocycles. The number of nitrogens with one attached hydrogen (secondary N) is 2. The van der Waals surface area contributed by atoms with Crippen LogP contribution in [-0.2, 0) is 16.0 Å².